The molecule has 1 aromatic heterocycles. The molecule has 0 spiro atoms. The highest BCUT2D eigenvalue weighted by molar-refractivity contribution is 5.93. The Kier molecular flexibility index (Phi) is 5.20. The number of imidazole rings is 1. The summed E-state index contributed by atoms with van der Waals surface area (Å²) in [6.45, 7) is 3.87. The van der Waals surface area contributed by atoms with Crippen molar-refractivity contribution in [3.63, 3.8) is 0 Å². The Hall–Kier alpha value is -3.35. The smallest absolute Gasteiger partial charge is 0.335 e. The first-order valence-electron chi connectivity index (χ1n) is 9.71. The Bertz CT molecular complexity index is 1030. The molecule has 1 saturated heterocycles. The van der Waals surface area contributed by atoms with Gasteiger partial charge in [0.05, 0.1) is 23.2 Å². The van der Waals surface area contributed by atoms with E-state index in [1.54, 1.807) is 25.1 Å². The Morgan fingerprint density at radius 2 is 1.90 bits per heavy atom. The van der Waals surface area contributed by atoms with Gasteiger partial charge in [0.2, 0.25) is 5.91 Å². The van der Waals surface area contributed by atoms with Crippen LogP contribution in [0.1, 0.15) is 30.1 Å². The van der Waals surface area contributed by atoms with E-state index in [4.69, 9.17) is 9.84 Å². The van der Waals surface area contributed by atoms with Gasteiger partial charge < -0.3 is 19.7 Å². The van der Waals surface area contributed by atoms with Crippen LogP contribution in [0.4, 0.5) is 0 Å². The highest BCUT2D eigenvalue weighted by Gasteiger charge is 2.21. The molecule has 150 valence electrons. The number of aromatic carboxylic acids is 1. The van der Waals surface area contributed by atoms with Gasteiger partial charge in [0.1, 0.15) is 11.6 Å². The number of piperidine rings is 1. The fraction of sp³-hybridized carbons (Fsp3) is 0.318. The molecule has 29 heavy (non-hydrogen) atoms. The number of aromatic amines is 1. The summed E-state index contributed by atoms with van der Waals surface area (Å²) in [6, 6.07) is 12.5. The Labute approximate surface area is 168 Å². The summed E-state index contributed by atoms with van der Waals surface area (Å²) in [5.41, 5.74) is 2.55. The number of rotatable bonds is 5. The number of carboxylic acids is 1. The molecule has 0 atom stereocenters. The number of hydrogen-bond donors (Lipinski definition) is 2. The maximum Gasteiger partial charge on any atom is 0.335 e. The van der Waals surface area contributed by atoms with Crippen molar-refractivity contribution in [3.05, 3.63) is 48.0 Å². The van der Waals surface area contributed by atoms with Crippen molar-refractivity contribution in [2.75, 3.05) is 19.7 Å². The van der Waals surface area contributed by atoms with E-state index in [0.29, 0.717) is 23.9 Å². The number of ether oxygens (including phenoxy) is 1. The van der Waals surface area contributed by atoms with Crippen molar-refractivity contribution in [1.82, 2.24) is 14.9 Å². The number of H-pyrrole nitrogens is 1. The van der Waals surface area contributed by atoms with Gasteiger partial charge >= 0.3 is 5.97 Å². The van der Waals surface area contributed by atoms with Crippen LogP contribution in [0.5, 0.6) is 5.75 Å². The summed E-state index contributed by atoms with van der Waals surface area (Å²) in [7, 11) is 0. The van der Waals surface area contributed by atoms with Gasteiger partial charge in [-0.25, -0.2) is 9.78 Å². The molecule has 0 unspecified atom stereocenters. The molecule has 1 aliphatic heterocycles. The first kappa shape index (κ1) is 19.0. The van der Waals surface area contributed by atoms with Crippen molar-refractivity contribution < 1.29 is 19.4 Å². The van der Waals surface area contributed by atoms with Crippen molar-refractivity contribution in [1.29, 1.82) is 0 Å². The van der Waals surface area contributed by atoms with Gasteiger partial charge in [0.15, 0.2) is 0 Å². The van der Waals surface area contributed by atoms with Crippen LogP contribution in [0.2, 0.25) is 0 Å². The maximum atomic E-state index is 11.4. The molecule has 7 heteroatoms. The summed E-state index contributed by atoms with van der Waals surface area (Å²) in [5, 5.41) is 9.12. The first-order valence-corrected chi connectivity index (χ1v) is 9.71. The minimum Gasteiger partial charge on any atom is -0.493 e. The zero-order chi connectivity index (χ0) is 20.4. The van der Waals surface area contributed by atoms with Crippen LogP contribution in [0, 0.1) is 5.92 Å². The van der Waals surface area contributed by atoms with E-state index >= 15 is 0 Å². The molecule has 1 amide bonds. The van der Waals surface area contributed by atoms with Crippen molar-refractivity contribution in [2.45, 2.75) is 19.8 Å². The largest absolute Gasteiger partial charge is 0.493 e. The SMILES string of the molecule is CC(=O)N1CCC(COc2ccc(-c3nc4ccc(C(=O)O)cc4[nH]3)cc2)CC1. The molecule has 0 bridgehead atoms. The van der Waals surface area contributed by atoms with E-state index < -0.39 is 5.97 Å². The second-order valence-corrected chi connectivity index (χ2v) is 7.41. The van der Waals surface area contributed by atoms with Gasteiger partial charge in [-0.1, -0.05) is 0 Å². The van der Waals surface area contributed by atoms with Crippen LogP contribution < -0.4 is 4.74 Å². The third-order valence-corrected chi connectivity index (χ3v) is 5.40. The maximum absolute atomic E-state index is 11.4. The van der Waals surface area contributed by atoms with Crippen LogP contribution in [-0.4, -0.2) is 51.5 Å². The molecule has 2 N–H and O–H groups in total. The Morgan fingerprint density at radius 1 is 1.17 bits per heavy atom. The molecule has 2 heterocycles. The number of hydrogen-bond acceptors (Lipinski definition) is 4. The fourth-order valence-corrected chi connectivity index (χ4v) is 3.62. The van der Waals surface area contributed by atoms with E-state index in [0.717, 1.165) is 42.8 Å². The number of amides is 1. The van der Waals surface area contributed by atoms with E-state index in [1.165, 1.54) is 0 Å². The van der Waals surface area contributed by atoms with E-state index in [9.17, 15) is 9.59 Å². The Morgan fingerprint density at radius 3 is 2.55 bits per heavy atom. The molecule has 2 aromatic carbocycles. The molecule has 0 radical (unpaired) electrons. The highest BCUT2D eigenvalue weighted by atomic mass is 16.5. The van der Waals surface area contributed by atoms with Crippen LogP contribution in [0.25, 0.3) is 22.4 Å². The predicted octanol–water partition coefficient (Wildman–Crippen LogP) is 3.57. The summed E-state index contributed by atoms with van der Waals surface area (Å²) < 4.78 is 5.93. The lowest BCUT2D eigenvalue weighted by molar-refractivity contribution is -0.130. The van der Waals surface area contributed by atoms with Crippen LogP contribution in [0.3, 0.4) is 0 Å². The average Bonchev–Trinajstić information content (AvgIpc) is 3.16. The average molecular weight is 393 g/mol. The third-order valence-electron chi connectivity index (χ3n) is 5.40. The molecular weight excluding hydrogens is 370 g/mol. The number of benzene rings is 2. The minimum absolute atomic E-state index is 0.143. The lowest BCUT2D eigenvalue weighted by Crippen LogP contribution is -2.38. The van der Waals surface area contributed by atoms with Gasteiger partial charge in [-0.05, 0) is 61.2 Å². The summed E-state index contributed by atoms with van der Waals surface area (Å²) in [5.74, 6) is 1.13. The minimum atomic E-state index is -0.962. The Balaban J connectivity index is 1.38. The van der Waals surface area contributed by atoms with Crippen molar-refractivity contribution in [3.8, 4) is 17.1 Å². The van der Waals surface area contributed by atoms with E-state index in [1.807, 2.05) is 29.2 Å². The quantitative estimate of drug-likeness (QED) is 0.691. The van der Waals surface area contributed by atoms with Crippen molar-refractivity contribution >= 4 is 22.9 Å². The number of fused-ring (bicyclic) bond motifs is 1. The van der Waals surface area contributed by atoms with E-state index in [-0.39, 0.29) is 11.5 Å². The molecule has 0 saturated carbocycles. The number of nitrogens with zero attached hydrogens (tertiary/aromatic N) is 2. The second kappa shape index (κ2) is 7.95. The molecule has 1 aliphatic rings. The molecule has 0 aliphatic carbocycles. The standard InChI is InChI=1S/C22H23N3O4/c1-14(26)25-10-8-15(9-11-25)13-29-18-5-2-16(3-6-18)21-23-19-7-4-17(22(27)28)12-20(19)24-21/h2-7,12,15H,8-11,13H2,1H3,(H,23,24)(H,27,28). The summed E-state index contributed by atoms with van der Waals surface area (Å²) >= 11 is 0. The number of carbonyl (C=O) groups excluding carboxylic acids is 1. The van der Waals surface area contributed by atoms with Gasteiger partial charge in [-0.2, -0.15) is 0 Å². The van der Waals surface area contributed by atoms with Gasteiger partial charge in [-0.3, -0.25) is 4.79 Å². The molecule has 1 fully saturated rings. The molecule has 3 aromatic rings. The number of aromatic nitrogens is 2. The normalized spacial score (nSPS) is 14.9. The van der Waals surface area contributed by atoms with Crippen LogP contribution in [-0.2, 0) is 4.79 Å². The van der Waals surface area contributed by atoms with Crippen LogP contribution in [0.15, 0.2) is 42.5 Å². The fourth-order valence-electron chi connectivity index (χ4n) is 3.62. The molecule has 4 rings (SSSR count). The second-order valence-electron chi connectivity index (χ2n) is 7.41. The number of carbonyl (C=O) groups is 2. The first-order chi connectivity index (χ1) is 14.0. The zero-order valence-electron chi connectivity index (χ0n) is 16.2. The topological polar surface area (TPSA) is 95.5 Å². The number of nitrogens with one attached hydrogen (secondary N) is 1. The van der Waals surface area contributed by atoms with Crippen LogP contribution >= 0.6 is 0 Å². The summed E-state index contributed by atoms with van der Waals surface area (Å²) in [4.78, 5) is 32.1. The lowest BCUT2D eigenvalue weighted by Gasteiger charge is -2.31. The predicted molar refractivity (Wildman–Crippen MR) is 109 cm³/mol. The monoisotopic (exact) mass is 393 g/mol. The van der Waals surface area contributed by atoms with Gasteiger partial charge in [0, 0.05) is 25.6 Å². The number of carboxylic acid groups (broad SMARTS) is 1. The number of likely N-dealkylation sites (tertiary alicyclic amines) is 1. The highest BCUT2D eigenvalue weighted by Crippen LogP contribution is 2.25. The van der Waals surface area contributed by atoms with Gasteiger partial charge in [0.25, 0.3) is 0 Å². The van der Waals surface area contributed by atoms with Crippen molar-refractivity contribution in [2.24, 2.45) is 5.92 Å². The van der Waals surface area contributed by atoms with E-state index in [2.05, 4.69) is 9.97 Å². The zero-order valence-corrected chi connectivity index (χ0v) is 16.2. The summed E-state index contributed by atoms with van der Waals surface area (Å²) in [6.07, 6.45) is 1.93. The third kappa shape index (κ3) is 4.23. The molecule has 7 nitrogen and oxygen atoms in total. The van der Waals surface area contributed by atoms with Gasteiger partial charge in [-0.15, -0.1) is 0 Å². The lowest BCUT2D eigenvalue weighted by atomic mass is 9.98. The molecular formula is C22H23N3O4.